The Balaban J connectivity index is 2.05. The maximum absolute atomic E-state index is 12.5. The molecule has 2 aliphatic rings. The molecule has 1 aliphatic heterocycles. The minimum Gasteiger partial charge on any atom is -0.354 e. The number of nitrogens with one attached hydrogen (secondary N) is 1. The van der Waals surface area contributed by atoms with Crippen molar-refractivity contribution in [3.8, 4) is 0 Å². The van der Waals surface area contributed by atoms with E-state index in [-0.39, 0.29) is 17.9 Å². The molecule has 2 atom stereocenters. The molecular formula is C16H25N3O4. The van der Waals surface area contributed by atoms with Crippen LogP contribution in [-0.2, 0) is 14.4 Å². The van der Waals surface area contributed by atoms with Crippen LogP contribution < -0.4 is 5.32 Å². The van der Waals surface area contributed by atoms with Crippen molar-refractivity contribution in [2.45, 2.75) is 52.5 Å². The molecule has 7 heteroatoms. The molecule has 1 N–H and O–H groups in total. The molecule has 5 amide bonds. The lowest BCUT2D eigenvalue weighted by molar-refractivity contribution is -0.145. The molecular weight excluding hydrogens is 298 g/mol. The van der Waals surface area contributed by atoms with Crippen molar-refractivity contribution in [3.05, 3.63) is 0 Å². The van der Waals surface area contributed by atoms with Crippen LogP contribution in [0.5, 0.6) is 0 Å². The Bertz CT molecular complexity index is 517. The Kier molecular flexibility index (Phi) is 5.38. The highest BCUT2D eigenvalue weighted by atomic mass is 16.2. The Morgan fingerprint density at radius 2 is 1.83 bits per heavy atom. The third-order valence-corrected chi connectivity index (χ3v) is 4.49. The zero-order valence-corrected chi connectivity index (χ0v) is 14.0. The Labute approximate surface area is 136 Å². The molecule has 0 bridgehead atoms. The third kappa shape index (κ3) is 3.71. The highest BCUT2D eigenvalue weighted by Gasteiger charge is 2.49. The van der Waals surface area contributed by atoms with Gasteiger partial charge in [-0.15, -0.1) is 0 Å². The maximum Gasteiger partial charge on any atom is 0.334 e. The molecule has 7 nitrogen and oxygen atoms in total. The number of carbonyl (C=O) groups is 4. The van der Waals surface area contributed by atoms with E-state index in [9.17, 15) is 19.2 Å². The SMILES string of the molecule is CC(C)CNC(=O)CN1C(=O)C(=O)N([C@H]2CCCC[C@H]2C)C1=O. The number of urea groups is 1. The molecule has 0 aromatic carbocycles. The van der Waals surface area contributed by atoms with Crippen LogP contribution in [0.2, 0.25) is 0 Å². The first kappa shape index (κ1) is 17.4. The van der Waals surface area contributed by atoms with Gasteiger partial charge in [0.15, 0.2) is 0 Å². The lowest BCUT2D eigenvalue weighted by Gasteiger charge is -2.34. The highest BCUT2D eigenvalue weighted by Crippen LogP contribution is 2.31. The van der Waals surface area contributed by atoms with E-state index in [0.29, 0.717) is 6.54 Å². The van der Waals surface area contributed by atoms with Gasteiger partial charge < -0.3 is 5.32 Å². The van der Waals surface area contributed by atoms with E-state index in [2.05, 4.69) is 5.32 Å². The molecule has 0 radical (unpaired) electrons. The summed E-state index contributed by atoms with van der Waals surface area (Å²) in [5.41, 5.74) is 0. The van der Waals surface area contributed by atoms with E-state index >= 15 is 0 Å². The number of hydrogen-bond donors (Lipinski definition) is 1. The van der Waals surface area contributed by atoms with E-state index in [1.54, 1.807) is 0 Å². The molecule has 0 aromatic heterocycles. The minimum atomic E-state index is -0.896. The lowest BCUT2D eigenvalue weighted by atomic mass is 9.85. The van der Waals surface area contributed by atoms with Gasteiger partial charge in [-0.25, -0.2) is 9.69 Å². The number of nitrogens with zero attached hydrogens (tertiary/aromatic N) is 2. The summed E-state index contributed by atoms with van der Waals surface area (Å²) in [6.07, 6.45) is 3.67. The second-order valence-electron chi connectivity index (χ2n) is 6.88. The van der Waals surface area contributed by atoms with Crippen molar-refractivity contribution in [1.82, 2.24) is 15.1 Å². The van der Waals surface area contributed by atoms with Gasteiger partial charge in [0, 0.05) is 12.6 Å². The standard InChI is InChI=1S/C16H25N3O4/c1-10(2)8-17-13(20)9-18-14(21)15(22)19(16(18)23)12-7-5-4-6-11(12)3/h10-12H,4-9H2,1-3H3,(H,17,20)/t11-,12+/m1/s1. The topological polar surface area (TPSA) is 86.8 Å². The first-order valence-corrected chi connectivity index (χ1v) is 8.28. The van der Waals surface area contributed by atoms with E-state index in [1.165, 1.54) is 0 Å². The Morgan fingerprint density at radius 1 is 1.17 bits per heavy atom. The summed E-state index contributed by atoms with van der Waals surface area (Å²) in [6.45, 7) is 5.96. The van der Waals surface area contributed by atoms with Crippen LogP contribution in [0.1, 0.15) is 46.5 Å². The highest BCUT2D eigenvalue weighted by molar-refractivity contribution is 6.45. The van der Waals surface area contributed by atoms with Crippen molar-refractivity contribution < 1.29 is 19.2 Å². The second kappa shape index (κ2) is 7.10. The van der Waals surface area contributed by atoms with Crippen LogP contribution >= 0.6 is 0 Å². The van der Waals surface area contributed by atoms with E-state index in [0.717, 1.165) is 35.5 Å². The van der Waals surface area contributed by atoms with Crippen LogP contribution in [0.3, 0.4) is 0 Å². The van der Waals surface area contributed by atoms with Crippen LogP contribution in [0, 0.1) is 11.8 Å². The molecule has 2 rings (SSSR count). The van der Waals surface area contributed by atoms with Gasteiger partial charge in [0.2, 0.25) is 5.91 Å². The Hall–Kier alpha value is -1.92. The fourth-order valence-corrected chi connectivity index (χ4v) is 3.15. The zero-order chi connectivity index (χ0) is 17.1. The number of imide groups is 2. The smallest absolute Gasteiger partial charge is 0.334 e. The summed E-state index contributed by atoms with van der Waals surface area (Å²) in [7, 11) is 0. The fourth-order valence-electron chi connectivity index (χ4n) is 3.15. The van der Waals surface area contributed by atoms with Crippen LogP contribution in [0.25, 0.3) is 0 Å². The molecule has 1 saturated carbocycles. The first-order chi connectivity index (χ1) is 10.8. The van der Waals surface area contributed by atoms with Gasteiger partial charge in [-0.05, 0) is 24.7 Å². The summed E-state index contributed by atoms with van der Waals surface area (Å²) in [5, 5.41) is 2.65. The van der Waals surface area contributed by atoms with Crippen molar-refractivity contribution >= 4 is 23.8 Å². The average Bonchev–Trinajstić information content (AvgIpc) is 2.70. The Morgan fingerprint density at radius 3 is 2.43 bits per heavy atom. The molecule has 0 spiro atoms. The van der Waals surface area contributed by atoms with Crippen LogP contribution in [-0.4, -0.2) is 52.7 Å². The monoisotopic (exact) mass is 323 g/mol. The summed E-state index contributed by atoms with van der Waals surface area (Å²) in [6, 6.07) is -0.894. The normalized spacial score (nSPS) is 25.5. The molecule has 23 heavy (non-hydrogen) atoms. The molecule has 1 heterocycles. The largest absolute Gasteiger partial charge is 0.354 e. The van der Waals surface area contributed by atoms with E-state index in [1.807, 2.05) is 20.8 Å². The number of hydrogen-bond acceptors (Lipinski definition) is 4. The summed E-state index contributed by atoms with van der Waals surface area (Å²) in [4.78, 5) is 50.5. The maximum atomic E-state index is 12.5. The van der Waals surface area contributed by atoms with Crippen molar-refractivity contribution in [3.63, 3.8) is 0 Å². The van der Waals surface area contributed by atoms with Crippen LogP contribution in [0.4, 0.5) is 4.79 Å². The zero-order valence-electron chi connectivity index (χ0n) is 14.0. The molecule has 0 aromatic rings. The molecule has 2 fully saturated rings. The molecule has 1 saturated heterocycles. The van der Waals surface area contributed by atoms with Crippen molar-refractivity contribution in [2.75, 3.05) is 13.1 Å². The van der Waals surface area contributed by atoms with Gasteiger partial charge in [0.25, 0.3) is 0 Å². The van der Waals surface area contributed by atoms with Gasteiger partial charge in [-0.2, -0.15) is 0 Å². The number of rotatable bonds is 5. The predicted molar refractivity (Wildman–Crippen MR) is 83.2 cm³/mol. The van der Waals surface area contributed by atoms with Crippen molar-refractivity contribution in [1.29, 1.82) is 0 Å². The quantitative estimate of drug-likeness (QED) is 0.607. The fraction of sp³-hybridized carbons (Fsp3) is 0.750. The molecule has 1 aliphatic carbocycles. The molecule has 128 valence electrons. The van der Waals surface area contributed by atoms with Gasteiger partial charge in [-0.1, -0.05) is 33.6 Å². The second-order valence-corrected chi connectivity index (χ2v) is 6.88. The number of amides is 5. The van der Waals surface area contributed by atoms with E-state index < -0.39 is 30.3 Å². The summed E-state index contributed by atoms with van der Waals surface area (Å²) < 4.78 is 0. The van der Waals surface area contributed by atoms with Gasteiger partial charge in [0.1, 0.15) is 6.54 Å². The molecule has 0 unspecified atom stereocenters. The van der Waals surface area contributed by atoms with E-state index in [4.69, 9.17) is 0 Å². The summed E-state index contributed by atoms with van der Waals surface area (Å²) in [5.74, 6) is -1.67. The first-order valence-electron chi connectivity index (χ1n) is 8.28. The minimum absolute atomic E-state index is 0.180. The predicted octanol–water partition coefficient (Wildman–Crippen LogP) is 1.13. The van der Waals surface area contributed by atoms with Gasteiger partial charge >= 0.3 is 17.8 Å². The summed E-state index contributed by atoms with van der Waals surface area (Å²) >= 11 is 0. The number of carbonyl (C=O) groups excluding carboxylic acids is 4. The third-order valence-electron chi connectivity index (χ3n) is 4.49. The average molecular weight is 323 g/mol. The van der Waals surface area contributed by atoms with Crippen molar-refractivity contribution in [2.24, 2.45) is 11.8 Å². The van der Waals surface area contributed by atoms with Crippen LogP contribution in [0.15, 0.2) is 0 Å². The lowest BCUT2D eigenvalue weighted by Crippen LogP contribution is -2.47. The van der Waals surface area contributed by atoms with Gasteiger partial charge in [-0.3, -0.25) is 19.3 Å². The van der Waals surface area contributed by atoms with Gasteiger partial charge in [0.05, 0.1) is 0 Å².